The van der Waals surface area contributed by atoms with Crippen LogP contribution in [0.3, 0.4) is 0 Å². The summed E-state index contributed by atoms with van der Waals surface area (Å²) >= 11 is 0. The minimum absolute atomic E-state index is 0.161. The van der Waals surface area contributed by atoms with E-state index >= 15 is 0 Å². The van der Waals surface area contributed by atoms with E-state index in [4.69, 9.17) is 23.7 Å². The molecule has 0 aromatic heterocycles. The molecule has 0 aliphatic heterocycles. The molecule has 0 spiro atoms. The molecule has 1 N–H and O–H groups in total. The smallest absolute Gasteiger partial charge is 0.343 e. The van der Waals surface area contributed by atoms with E-state index in [2.05, 4.69) is 19.2 Å². The molecule has 0 unspecified atom stereocenters. The van der Waals surface area contributed by atoms with Crippen LogP contribution in [0.15, 0.2) is 121 Å². The van der Waals surface area contributed by atoms with Crippen molar-refractivity contribution in [2.24, 2.45) is 0 Å². The van der Waals surface area contributed by atoms with Crippen LogP contribution in [0.25, 0.3) is 0 Å². The van der Waals surface area contributed by atoms with Crippen molar-refractivity contribution in [3.05, 3.63) is 144 Å². The van der Waals surface area contributed by atoms with Crippen LogP contribution in [0.2, 0.25) is 0 Å². The van der Waals surface area contributed by atoms with E-state index < -0.39 is 23.8 Å². The first kappa shape index (κ1) is 52.5. The second-order valence-corrected chi connectivity index (χ2v) is 17.3. The van der Waals surface area contributed by atoms with Crippen LogP contribution in [0.4, 0.5) is 5.69 Å². The lowest BCUT2D eigenvalue weighted by Gasteiger charge is -2.10. The predicted molar refractivity (Wildman–Crippen MR) is 270 cm³/mol. The zero-order valence-electron chi connectivity index (χ0n) is 40.3. The number of hydrogen-bond acceptors (Lipinski definition) is 9. The summed E-state index contributed by atoms with van der Waals surface area (Å²) in [4.78, 5) is 51.9. The van der Waals surface area contributed by atoms with E-state index in [1.807, 2.05) is 0 Å². The molecule has 0 saturated heterocycles. The molecule has 362 valence electrons. The maximum atomic E-state index is 13.1. The third kappa shape index (κ3) is 19.8. The summed E-state index contributed by atoms with van der Waals surface area (Å²) in [5.74, 6) is 0.176. The second kappa shape index (κ2) is 30.8. The van der Waals surface area contributed by atoms with Gasteiger partial charge >= 0.3 is 17.9 Å². The molecule has 0 aliphatic rings. The number of hydrogen-bond donors (Lipinski definition) is 1. The Bertz CT molecular complexity index is 2240. The number of anilines is 1. The van der Waals surface area contributed by atoms with E-state index in [1.165, 1.54) is 133 Å². The van der Waals surface area contributed by atoms with Crippen molar-refractivity contribution in [3.8, 4) is 28.7 Å². The summed E-state index contributed by atoms with van der Waals surface area (Å²) in [5.41, 5.74) is 1.49. The highest BCUT2D eigenvalue weighted by Crippen LogP contribution is 2.23. The van der Waals surface area contributed by atoms with Gasteiger partial charge in [-0.25, -0.2) is 14.4 Å². The highest BCUT2D eigenvalue weighted by atomic mass is 16.5. The Labute approximate surface area is 404 Å². The highest BCUT2D eigenvalue weighted by molar-refractivity contribution is 6.05. The summed E-state index contributed by atoms with van der Waals surface area (Å²) < 4.78 is 28.4. The molecule has 0 fully saturated rings. The second-order valence-electron chi connectivity index (χ2n) is 17.3. The minimum atomic E-state index is -0.665. The Balaban J connectivity index is 0.976. The van der Waals surface area contributed by atoms with Gasteiger partial charge in [-0.3, -0.25) is 4.79 Å². The summed E-state index contributed by atoms with van der Waals surface area (Å²) in [6.45, 7) is 5.80. The van der Waals surface area contributed by atoms with Crippen molar-refractivity contribution in [3.63, 3.8) is 0 Å². The molecule has 0 bridgehead atoms. The summed E-state index contributed by atoms with van der Waals surface area (Å²) in [7, 11) is 0. The van der Waals surface area contributed by atoms with E-state index in [0.717, 1.165) is 37.2 Å². The molecule has 10 heteroatoms. The molecule has 10 nitrogen and oxygen atoms in total. The van der Waals surface area contributed by atoms with Crippen LogP contribution >= 0.6 is 0 Å². The third-order valence-electron chi connectivity index (χ3n) is 11.6. The molecule has 0 saturated carbocycles. The van der Waals surface area contributed by atoms with Crippen molar-refractivity contribution >= 4 is 29.5 Å². The Kier molecular flexibility index (Phi) is 23.8. The lowest BCUT2D eigenvalue weighted by atomic mass is 10.1. The predicted octanol–water partition coefficient (Wildman–Crippen LogP) is 15.2. The maximum absolute atomic E-state index is 13.1. The first-order valence-electron chi connectivity index (χ1n) is 25.0. The van der Waals surface area contributed by atoms with Gasteiger partial charge in [-0.15, -0.1) is 0 Å². The number of ether oxygens (including phenoxy) is 5. The summed E-state index contributed by atoms with van der Waals surface area (Å²) in [6, 6.07) is 32.4. The molecule has 0 radical (unpaired) electrons. The normalized spacial score (nSPS) is 10.9. The van der Waals surface area contributed by atoms with Crippen molar-refractivity contribution in [2.75, 3.05) is 18.5 Å². The van der Waals surface area contributed by atoms with Crippen LogP contribution in [0.1, 0.15) is 184 Å². The molecular weight excluding hydrogens is 855 g/mol. The van der Waals surface area contributed by atoms with Crippen LogP contribution in [-0.4, -0.2) is 37.0 Å². The highest BCUT2D eigenvalue weighted by Gasteiger charge is 2.15. The lowest BCUT2D eigenvalue weighted by Crippen LogP contribution is -2.14. The van der Waals surface area contributed by atoms with Gasteiger partial charge in [0.2, 0.25) is 0 Å². The van der Waals surface area contributed by atoms with Gasteiger partial charge in [0.1, 0.15) is 28.7 Å². The van der Waals surface area contributed by atoms with Gasteiger partial charge in [0.25, 0.3) is 5.91 Å². The fraction of sp³-hybridized carbons (Fsp3) is 0.414. The first-order valence-corrected chi connectivity index (χ1v) is 25.0. The van der Waals surface area contributed by atoms with Gasteiger partial charge in [-0.05, 0) is 128 Å². The standard InChI is InChI=1S/C58H71NO9/c1-3-5-7-9-11-13-15-17-19-21-42-64-50-34-38-52(39-35-50)66-56(61)45-26-28-46(29-27-45)58(63)68-54-25-23-24-48(44-54)55(60)59-49-32-30-47(31-33-49)57(62)67-53-40-36-51(37-41-53)65-43-22-20-18-16-14-12-10-8-6-4-2/h23-41,44H,3-22,42-43H2,1-2H3,(H,59,60). The van der Waals surface area contributed by atoms with Crippen LogP contribution in [0.5, 0.6) is 28.7 Å². The molecular formula is C58H71NO9. The monoisotopic (exact) mass is 926 g/mol. The number of amides is 1. The first-order chi connectivity index (χ1) is 33.3. The van der Waals surface area contributed by atoms with Crippen LogP contribution in [0, 0.1) is 0 Å². The van der Waals surface area contributed by atoms with E-state index in [9.17, 15) is 19.2 Å². The van der Waals surface area contributed by atoms with Crippen molar-refractivity contribution < 1.29 is 42.9 Å². The Hall–Kier alpha value is -6.42. The van der Waals surface area contributed by atoms with Crippen molar-refractivity contribution in [2.45, 2.75) is 142 Å². The zero-order chi connectivity index (χ0) is 48.0. The van der Waals surface area contributed by atoms with Gasteiger partial charge in [-0.1, -0.05) is 135 Å². The van der Waals surface area contributed by atoms with Gasteiger partial charge in [0.15, 0.2) is 0 Å². The number of carbonyl (C=O) groups is 4. The minimum Gasteiger partial charge on any atom is -0.494 e. The van der Waals surface area contributed by atoms with Crippen molar-refractivity contribution in [1.82, 2.24) is 0 Å². The largest absolute Gasteiger partial charge is 0.494 e. The molecule has 5 rings (SSSR count). The Morgan fingerprint density at radius 1 is 0.353 bits per heavy atom. The number of nitrogens with one attached hydrogen (secondary N) is 1. The Morgan fingerprint density at radius 3 is 1.09 bits per heavy atom. The van der Waals surface area contributed by atoms with Crippen LogP contribution < -0.4 is 29.0 Å². The summed E-state index contributed by atoms with van der Waals surface area (Å²) in [5, 5.41) is 2.80. The number of carbonyl (C=O) groups excluding carboxylic acids is 4. The Morgan fingerprint density at radius 2 is 0.691 bits per heavy atom. The zero-order valence-corrected chi connectivity index (χ0v) is 40.3. The van der Waals surface area contributed by atoms with Gasteiger partial charge in [0, 0.05) is 11.3 Å². The molecule has 5 aromatic rings. The van der Waals surface area contributed by atoms with E-state index in [-0.39, 0.29) is 22.4 Å². The van der Waals surface area contributed by atoms with Crippen molar-refractivity contribution in [1.29, 1.82) is 0 Å². The van der Waals surface area contributed by atoms with Crippen LogP contribution in [-0.2, 0) is 0 Å². The molecule has 0 atom stereocenters. The molecule has 1 amide bonds. The quantitative estimate of drug-likeness (QED) is 0.0255. The van der Waals surface area contributed by atoms with E-state index in [0.29, 0.717) is 36.0 Å². The number of unbranched alkanes of at least 4 members (excludes halogenated alkanes) is 18. The number of esters is 3. The molecule has 0 aliphatic carbocycles. The number of rotatable bonds is 32. The van der Waals surface area contributed by atoms with Gasteiger partial charge < -0.3 is 29.0 Å². The lowest BCUT2D eigenvalue weighted by molar-refractivity contribution is 0.0720. The topological polar surface area (TPSA) is 126 Å². The SMILES string of the molecule is CCCCCCCCCCCCOc1ccc(OC(=O)c2ccc(NC(=O)c3cccc(OC(=O)c4ccc(C(=O)Oc5ccc(OCCCCCCCCCCCC)cc5)cc4)c3)cc2)cc1. The molecule has 68 heavy (non-hydrogen) atoms. The fourth-order valence-electron chi connectivity index (χ4n) is 7.60. The average molecular weight is 926 g/mol. The van der Waals surface area contributed by atoms with E-state index in [1.54, 1.807) is 91.0 Å². The summed E-state index contributed by atoms with van der Waals surface area (Å²) in [6.07, 6.45) is 25.4. The fourth-order valence-corrected chi connectivity index (χ4v) is 7.60. The van der Waals surface area contributed by atoms with Gasteiger partial charge in [-0.2, -0.15) is 0 Å². The molecule has 0 heterocycles. The average Bonchev–Trinajstić information content (AvgIpc) is 3.36. The number of benzene rings is 5. The third-order valence-corrected chi connectivity index (χ3v) is 11.6. The van der Waals surface area contributed by atoms with Gasteiger partial charge in [0.05, 0.1) is 29.9 Å². The maximum Gasteiger partial charge on any atom is 0.343 e. The molecule has 5 aromatic carbocycles.